The molecule has 0 aromatic heterocycles. The van der Waals surface area contributed by atoms with E-state index < -0.39 is 47.3 Å². The zero-order valence-corrected chi connectivity index (χ0v) is 40.2. The summed E-state index contributed by atoms with van der Waals surface area (Å²) in [6.45, 7) is 5.86. The molecule has 16 nitrogen and oxygen atoms in total. The lowest BCUT2D eigenvalue weighted by molar-refractivity contribution is -0.127. The molecule has 5 aromatic rings. The maximum absolute atomic E-state index is 13.8. The molecule has 20 heteroatoms. The number of halogens is 4. The fourth-order valence-corrected chi connectivity index (χ4v) is 7.27. The minimum Gasteiger partial charge on any atom is -0.491 e. The number of carbonyl (C=O) groups excluding carboxylic acids is 6. The molecule has 0 bridgehead atoms. The van der Waals surface area contributed by atoms with Gasteiger partial charge in [-0.1, -0.05) is 47.5 Å². The van der Waals surface area contributed by atoms with Crippen LogP contribution in [0.25, 0.3) is 0 Å². The monoisotopic (exact) mass is 1000 g/mol. The second-order valence-corrected chi connectivity index (χ2v) is 16.4. The number of hydrogen-bond donors (Lipinski definition) is 4. The first-order chi connectivity index (χ1) is 32.6. The van der Waals surface area contributed by atoms with E-state index in [1.165, 1.54) is 48.5 Å². The number of nitrogens with one attached hydrogen (secondary N) is 4. The molecule has 0 fully saturated rings. The maximum Gasteiger partial charge on any atom is 0.259 e. The van der Waals surface area contributed by atoms with E-state index >= 15 is 0 Å². The van der Waals surface area contributed by atoms with Crippen molar-refractivity contribution in [3.05, 3.63) is 129 Å². The van der Waals surface area contributed by atoms with Gasteiger partial charge in [-0.05, 0) is 112 Å². The second kappa shape index (κ2) is 25.4. The van der Waals surface area contributed by atoms with Crippen molar-refractivity contribution in [1.82, 2.24) is 0 Å². The standard InChI is InChI=1S/C48H46Cl4N8O8/c1-5-67-40-25-37(55-47(65)42(27(3)61)59-57-38-21-31(19-33(51)23-38)45(63)53-35-11-7-9-29(17-35)13-15-49)26-41(68-6-2)44(40)56-48(66)43(28(4)62)60-58-39-22-32(20-34(52)24-39)46(64)54-36-12-8-10-30(18-36)14-16-50/h7-12,17-26,42-43H,5-6,13-16H2,1-4H3,(H,53,63)(H,54,64)(H,55,65)(H,56,66). The quantitative estimate of drug-likeness (QED) is 0.0296. The van der Waals surface area contributed by atoms with Gasteiger partial charge in [0.2, 0.25) is 12.1 Å². The van der Waals surface area contributed by atoms with Gasteiger partial charge in [0.05, 0.1) is 24.6 Å². The minimum absolute atomic E-state index is 0.00143. The number of alkyl halides is 2. The average Bonchev–Trinajstić information content (AvgIpc) is 3.27. The summed E-state index contributed by atoms with van der Waals surface area (Å²) in [7, 11) is 0. The molecule has 0 aliphatic heterocycles. The molecule has 0 saturated carbocycles. The van der Waals surface area contributed by atoms with Gasteiger partial charge in [0.15, 0.2) is 11.6 Å². The molecule has 0 aliphatic carbocycles. The van der Waals surface area contributed by atoms with Gasteiger partial charge < -0.3 is 30.7 Å². The van der Waals surface area contributed by atoms with Crippen LogP contribution in [0.3, 0.4) is 0 Å². The summed E-state index contributed by atoms with van der Waals surface area (Å²) in [4.78, 5) is 79.3. The summed E-state index contributed by atoms with van der Waals surface area (Å²) in [5.74, 6) is -3.21. The third kappa shape index (κ3) is 15.2. The summed E-state index contributed by atoms with van der Waals surface area (Å²) in [5, 5.41) is 27.4. The number of Topliss-reactive ketones (excluding diaryl/α,β-unsaturated/α-hetero) is 2. The Hall–Kier alpha value is -6.72. The van der Waals surface area contributed by atoms with E-state index in [0.29, 0.717) is 36.0 Å². The number of carbonyl (C=O) groups is 6. The largest absolute Gasteiger partial charge is 0.491 e. The molecule has 4 N–H and O–H groups in total. The van der Waals surface area contributed by atoms with Crippen LogP contribution in [-0.4, -0.2) is 72.3 Å². The van der Waals surface area contributed by atoms with Crippen LogP contribution in [0.1, 0.15) is 59.5 Å². The number of ketones is 2. The number of azo groups is 2. The number of ether oxygens (including phenoxy) is 2. The van der Waals surface area contributed by atoms with Crippen LogP contribution in [0, 0.1) is 0 Å². The van der Waals surface area contributed by atoms with Crippen molar-refractivity contribution in [3.63, 3.8) is 0 Å². The molecule has 2 unspecified atom stereocenters. The molecule has 4 amide bonds. The zero-order valence-electron chi connectivity index (χ0n) is 37.2. The highest BCUT2D eigenvalue weighted by Gasteiger charge is 2.28. The van der Waals surface area contributed by atoms with Gasteiger partial charge in [0.1, 0.15) is 17.2 Å². The van der Waals surface area contributed by atoms with E-state index in [9.17, 15) is 28.8 Å². The lowest BCUT2D eigenvalue weighted by Gasteiger charge is -2.19. The number of anilines is 4. The van der Waals surface area contributed by atoms with E-state index in [4.69, 9.17) is 55.9 Å². The van der Waals surface area contributed by atoms with Gasteiger partial charge >= 0.3 is 0 Å². The van der Waals surface area contributed by atoms with Crippen molar-refractivity contribution in [3.8, 4) is 11.5 Å². The van der Waals surface area contributed by atoms with Gasteiger partial charge in [0.25, 0.3) is 23.6 Å². The fourth-order valence-electron chi connectivity index (χ4n) is 6.37. The average molecular weight is 1000 g/mol. The van der Waals surface area contributed by atoms with Crippen LogP contribution in [0.4, 0.5) is 34.1 Å². The zero-order chi connectivity index (χ0) is 49.3. The van der Waals surface area contributed by atoms with Crippen molar-refractivity contribution in [2.45, 2.75) is 52.6 Å². The summed E-state index contributed by atoms with van der Waals surface area (Å²) in [6, 6.07) is 22.3. The fraction of sp³-hybridized carbons (Fsp3) is 0.250. The summed E-state index contributed by atoms with van der Waals surface area (Å²) >= 11 is 24.4. The Morgan fingerprint density at radius 2 is 0.971 bits per heavy atom. The van der Waals surface area contributed by atoms with Crippen molar-refractivity contribution >= 4 is 116 Å². The lowest BCUT2D eigenvalue weighted by Crippen LogP contribution is -2.32. The molecule has 5 rings (SSSR count). The molecule has 0 heterocycles. The first-order valence-electron chi connectivity index (χ1n) is 21.0. The highest BCUT2D eigenvalue weighted by molar-refractivity contribution is 6.31. The molecule has 0 spiro atoms. The highest BCUT2D eigenvalue weighted by atomic mass is 35.5. The number of hydrogen-bond acceptors (Lipinski definition) is 12. The molecule has 5 aromatic carbocycles. The van der Waals surface area contributed by atoms with Crippen LogP contribution in [-0.2, 0) is 32.0 Å². The summed E-state index contributed by atoms with van der Waals surface area (Å²) < 4.78 is 11.7. The van der Waals surface area contributed by atoms with Crippen LogP contribution < -0.4 is 30.7 Å². The Bertz CT molecular complexity index is 2730. The molecule has 354 valence electrons. The molecular weight excluding hydrogens is 958 g/mol. The maximum atomic E-state index is 13.8. The normalized spacial score (nSPS) is 12.0. The van der Waals surface area contributed by atoms with Crippen LogP contribution in [0.2, 0.25) is 10.0 Å². The predicted octanol–water partition coefficient (Wildman–Crippen LogP) is 11.2. The topological polar surface area (TPSA) is 218 Å². The van der Waals surface area contributed by atoms with E-state index in [1.807, 2.05) is 12.1 Å². The van der Waals surface area contributed by atoms with Crippen molar-refractivity contribution in [1.29, 1.82) is 0 Å². The third-order valence-corrected chi connectivity index (χ3v) is 10.3. The SMILES string of the molecule is CCOc1cc(NC(=O)C(N=Nc2cc(Cl)cc(C(=O)Nc3cccc(CCCl)c3)c2)C(C)=O)cc(OCC)c1NC(=O)C(N=Nc1cc(Cl)cc(C(=O)Nc2cccc(CCCl)c2)c1)C(C)=O. The highest BCUT2D eigenvalue weighted by Crippen LogP contribution is 2.39. The van der Waals surface area contributed by atoms with Crippen LogP contribution >= 0.6 is 46.4 Å². The van der Waals surface area contributed by atoms with E-state index in [1.54, 1.807) is 50.2 Å². The molecular formula is C48H46Cl4N8O8. The van der Waals surface area contributed by atoms with Gasteiger partial charge in [-0.2, -0.15) is 20.5 Å². The van der Waals surface area contributed by atoms with Gasteiger partial charge in [0, 0.05) is 62.1 Å². The van der Waals surface area contributed by atoms with Gasteiger partial charge in [-0.25, -0.2) is 0 Å². The van der Waals surface area contributed by atoms with Gasteiger partial charge in [-0.15, -0.1) is 23.2 Å². The third-order valence-electron chi connectivity index (χ3n) is 9.45. The summed E-state index contributed by atoms with van der Waals surface area (Å²) in [5.41, 5.74) is 3.52. The minimum atomic E-state index is -1.68. The van der Waals surface area contributed by atoms with E-state index in [-0.39, 0.29) is 68.6 Å². The molecule has 68 heavy (non-hydrogen) atoms. The molecule has 0 radical (unpaired) electrons. The van der Waals surface area contributed by atoms with Crippen molar-refractivity contribution in [2.24, 2.45) is 20.5 Å². The summed E-state index contributed by atoms with van der Waals surface area (Å²) in [6.07, 6.45) is 1.24. The Kier molecular flexibility index (Phi) is 19.5. The number of amides is 4. The van der Waals surface area contributed by atoms with E-state index in [0.717, 1.165) is 25.0 Å². The van der Waals surface area contributed by atoms with Crippen LogP contribution in [0.5, 0.6) is 11.5 Å². The Morgan fingerprint density at radius 1 is 0.544 bits per heavy atom. The van der Waals surface area contributed by atoms with Crippen molar-refractivity contribution in [2.75, 3.05) is 46.2 Å². The Balaban J connectivity index is 1.33. The Labute approximate surface area is 412 Å². The lowest BCUT2D eigenvalue weighted by atomic mass is 10.1. The number of aryl methyl sites for hydroxylation is 2. The van der Waals surface area contributed by atoms with E-state index in [2.05, 4.69) is 41.7 Å². The second-order valence-electron chi connectivity index (χ2n) is 14.7. The molecule has 0 aliphatic rings. The number of benzene rings is 5. The smallest absolute Gasteiger partial charge is 0.259 e. The predicted molar refractivity (Wildman–Crippen MR) is 265 cm³/mol. The van der Waals surface area contributed by atoms with Gasteiger partial charge in [-0.3, -0.25) is 28.8 Å². The molecule has 0 saturated heterocycles. The molecule has 2 atom stereocenters. The van der Waals surface area contributed by atoms with Crippen molar-refractivity contribution < 1.29 is 38.2 Å². The first kappa shape index (κ1) is 52.3. The van der Waals surface area contributed by atoms with Crippen LogP contribution in [0.15, 0.2) is 118 Å². The Morgan fingerprint density at radius 3 is 1.37 bits per heavy atom. The number of rotatable bonds is 22. The number of nitrogens with zero attached hydrogens (tertiary/aromatic N) is 4. The first-order valence-corrected chi connectivity index (χ1v) is 22.8.